The predicted molar refractivity (Wildman–Crippen MR) is 71.2 cm³/mol. The van der Waals surface area contributed by atoms with E-state index in [1.807, 2.05) is 25.7 Å². The van der Waals surface area contributed by atoms with Crippen LogP contribution in [0.2, 0.25) is 0 Å². The maximum atomic E-state index is 12.1. The Balaban J connectivity index is 1.94. The van der Waals surface area contributed by atoms with Crippen LogP contribution in [0.4, 0.5) is 4.79 Å². The molecule has 4 heteroatoms. The molecule has 0 aromatic heterocycles. The summed E-state index contributed by atoms with van der Waals surface area (Å²) in [4.78, 5) is 14.0. The van der Waals surface area contributed by atoms with Gasteiger partial charge in [-0.1, -0.05) is 0 Å². The first-order valence-electron chi connectivity index (χ1n) is 7.08. The van der Waals surface area contributed by atoms with Gasteiger partial charge in [-0.3, -0.25) is 0 Å². The van der Waals surface area contributed by atoms with E-state index in [1.54, 1.807) is 0 Å². The van der Waals surface area contributed by atoms with Crippen LogP contribution in [0.1, 0.15) is 40.0 Å². The molecule has 1 saturated heterocycles. The van der Waals surface area contributed by atoms with Crippen molar-refractivity contribution in [2.24, 2.45) is 23.5 Å². The SMILES string of the molecule is CC(C)(C)OC(=O)N1CC2CCC(C1)C2CCN. The second kappa shape index (κ2) is 5.08. The lowest BCUT2D eigenvalue weighted by Crippen LogP contribution is -2.47. The van der Waals surface area contributed by atoms with Gasteiger partial charge in [-0.05, 0) is 64.3 Å². The Morgan fingerprint density at radius 1 is 1.28 bits per heavy atom. The first-order valence-corrected chi connectivity index (χ1v) is 7.08. The highest BCUT2D eigenvalue weighted by atomic mass is 16.6. The molecule has 0 spiro atoms. The van der Waals surface area contributed by atoms with E-state index in [2.05, 4.69) is 0 Å². The number of amides is 1. The van der Waals surface area contributed by atoms with Crippen molar-refractivity contribution in [2.75, 3.05) is 19.6 Å². The van der Waals surface area contributed by atoms with Crippen LogP contribution < -0.4 is 5.73 Å². The minimum Gasteiger partial charge on any atom is -0.444 e. The number of fused-ring (bicyclic) bond motifs is 2. The molecule has 0 aromatic carbocycles. The Morgan fingerprint density at radius 3 is 2.28 bits per heavy atom. The van der Waals surface area contributed by atoms with E-state index in [0.717, 1.165) is 32.0 Å². The van der Waals surface area contributed by atoms with Crippen LogP contribution in [-0.2, 0) is 4.74 Å². The monoisotopic (exact) mass is 254 g/mol. The standard InChI is InChI=1S/C14H26N2O2/c1-14(2,3)18-13(17)16-8-10-4-5-11(9-16)12(10)6-7-15/h10-12H,4-9,15H2,1-3H3. The molecule has 0 aromatic rings. The van der Waals surface area contributed by atoms with E-state index < -0.39 is 5.60 Å². The van der Waals surface area contributed by atoms with Gasteiger partial charge in [0.05, 0.1) is 0 Å². The molecule has 104 valence electrons. The van der Waals surface area contributed by atoms with Gasteiger partial charge in [-0.2, -0.15) is 0 Å². The van der Waals surface area contributed by atoms with Crippen molar-refractivity contribution < 1.29 is 9.53 Å². The van der Waals surface area contributed by atoms with E-state index in [-0.39, 0.29) is 6.09 Å². The summed E-state index contributed by atoms with van der Waals surface area (Å²) in [5.41, 5.74) is 5.29. The maximum Gasteiger partial charge on any atom is 0.410 e. The van der Waals surface area contributed by atoms with Gasteiger partial charge in [-0.15, -0.1) is 0 Å². The fraction of sp³-hybridized carbons (Fsp3) is 0.929. The van der Waals surface area contributed by atoms with Gasteiger partial charge in [0.15, 0.2) is 0 Å². The fourth-order valence-electron chi connectivity index (χ4n) is 3.47. The fourth-order valence-corrected chi connectivity index (χ4v) is 3.47. The van der Waals surface area contributed by atoms with Gasteiger partial charge in [0, 0.05) is 13.1 Å². The van der Waals surface area contributed by atoms with Crippen molar-refractivity contribution in [3.05, 3.63) is 0 Å². The number of nitrogens with zero attached hydrogens (tertiary/aromatic N) is 1. The first kappa shape index (κ1) is 13.7. The molecule has 1 aliphatic heterocycles. The molecule has 2 N–H and O–H groups in total. The average Bonchev–Trinajstić information content (AvgIpc) is 2.49. The molecule has 2 aliphatic rings. The van der Waals surface area contributed by atoms with Crippen molar-refractivity contribution in [3.63, 3.8) is 0 Å². The van der Waals surface area contributed by atoms with Crippen molar-refractivity contribution in [2.45, 2.75) is 45.6 Å². The molecule has 2 rings (SSSR count). The van der Waals surface area contributed by atoms with Gasteiger partial charge < -0.3 is 15.4 Å². The largest absolute Gasteiger partial charge is 0.444 e. The number of hydrogen-bond acceptors (Lipinski definition) is 3. The summed E-state index contributed by atoms with van der Waals surface area (Å²) in [6.45, 7) is 8.23. The third-order valence-electron chi connectivity index (χ3n) is 4.18. The first-order chi connectivity index (χ1) is 8.40. The number of carbonyl (C=O) groups excluding carboxylic acids is 1. The van der Waals surface area contributed by atoms with E-state index in [4.69, 9.17) is 10.5 Å². The van der Waals surface area contributed by atoms with Crippen LogP contribution in [0.3, 0.4) is 0 Å². The molecule has 0 radical (unpaired) electrons. The molecule has 1 aliphatic carbocycles. The molecular weight excluding hydrogens is 228 g/mol. The quantitative estimate of drug-likeness (QED) is 0.822. The number of nitrogens with two attached hydrogens (primary N) is 1. The van der Waals surface area contributed by atoms with E-state index in [0.29, 0.717) is 11.8 Å². The van der Waals surface area contributed by atoms with Crippen LogP contribution in [0, 0.1) is 17.8 Å². The molecule has 4 nitrogen and oxygen atoms in total. The second-order valence-electron chi connectivity index (χ2n) is 6.72. The number of likely N-dealkylation sites (tertiary alicyclic amines) is 1. The Morgan fingerprint density at radius 2 is 1.83 bits per heavy atom. The number of carbonyl (C=O) groups is 1. The molecule has 18 heavy (non-hydrogen) atoms. The molecule has 2 atom stereocenters. The summed E-state index contributed by atoms with van der Waals surface area (Å²) in [5, 5.41) is 0. The van der Waals surface area contributed by atoms with Gasteiger partial charge in [-0.25, -0.2) is 4.79 Å². The third kappa shape index (κ3) is 2.97. The van der Waals surface area contributed by atoms with Crippen molar-refractivity contribution in [1.82, 2.24) is 4.90 Å². The van der Waals surface area contributed by atoms with Crippen LogP contribution >= 0.6 is 0 Å². The van der Waals surface area contributed by atoms with Crippen LogP contribution in [-0.4, -0.2) is 36.2 Å². The summed E-state index contributed by atoms with van der Waals surface area (Å²) in [6.07, 6.45) is 3.45. The molecule has 2 bridgehead atoms. The maximum absolute atomic E-state index is 12.1. The lowest BCUT2D eigenvalue weighted by molar-refractivity contribution is 0.00749. The molecule has 1 saturated carbocycles. The highest BCUT2D eigenvalue weighted by molar-refractivity contribution is 5.68. The highest BCUT2D eigenvalue weighted by Crippen LogP contribution is 2.43. The van der Waals surface area contributed by atoms with Gasteiger partial charge in [0.2, 0.25) is 0 Å². The second-order valence-corrected chi connectivity index (χ2v) is 6.72. The Bertz CT molecular complexity index is 297. The summed E-state index contributed by atoms with van der Waals surface area (Å²) in [7, 11) is 0. The van der Waals surface area contributed by atoms with Gasteiger partial charge in [0.1, 0.15) is 5.60 Å². The molecule has 1 amide bonds. The molecule has 2 fully saturated rings. The van der Waals surface area contributed by atoms with Crippen molar-refractivity contribution in [3.8, 4) is 0 Å². The summed E-state index contributed by atoms with van der Waals surface area (Å²) < 4.78 is 5.46. The smallest absolute Gasteiger partial charge is 0.410 e. The Kier molecular flexibility index (Phi) is 3.85. The lowest BCUT2D eigenvalue weighted by atomic mass is 9.83. The van der Waals surface area contributed by atoms with E-state index in [1.165, 1.54) is 12.8 Å². The number of rotatable bonds is 2. The van der Waals surface area contributed by atoms with Gasteiger partial charge in [0.25, 0.3) is 0 Å². The van der Waals surface area contributed by atoms with E-state index in [9.17, 15) is 4.79 Å². The zero-order valence-electron chi connectivity index (χ0n) is 11.8. The highest BCUT2D eigenvalue weighted by Gasteiger charge is 2.43. The Labute approximate surface area is 110 Å². The van der Waals surface area contributed by atoms with Crippen molar-refractivity contribution >= 4 is 6.09 Å². The van der Waals surface area contributed by atoms with E-state index >= 15 is 0 Å². The minimum atomic E-state index is -0.399. The topological polar surface area (TPSA) is 55.6 Å². The normalized spacial score (nSPS) is 31.6. The summed E-state index contributed by atoms with van der Waals surface area (Å²) in [5.74, 6) is 2.01. The molecule has 1 heterocycles. The van der Waals surface area contributed by atoms with Crippen LogP contribution in [0.25, 0.3) is 0 Å². The molecular formula is C14H26N2O2. The minimum absolute atomic E-state index is 0.148. The zero-order chi connectivity index (χ0) is 13.3. The van der Waals surface area contributed by atoms with Crippen molar-refractivity contribution in [1.29, 1.82) is 0 Å². The average molecular weight is 254 g/mol. The Hall–Kier alpha value is -0.770. The third-order valence-corrected chi connectivity index (χ3v) is 4.18. The summed E-state index contributed by atoms with van der Waals surface area (Å²) in [6, 6.07) is 0. The number of ether oxygens (including phenoxy) is 1. The predicted octanol–water partition coefficient (Wildman–Crippen LogP) is 2.23. The van der Waals surface area contributed by atoms with Crippen LogP contribution in [0.15, 0.2) is 0 Å². The number of hydrogen-bond donors (Lipinski definition) is 1. The molecule has 2 unspecified atom stereocenters. The number of piperidine rings is 1. The summed E-state index contributed by atoms with van der Waals surface area (Å²) >= 11 is 0. The zero-order valence-corrected chi connectivity index (χ0v) is 11.8. The lowest BCUT2D eigenvalue weighted by Gasteiger charge is -2.38. The van der Waals surface area contributed by atoms with Crippen LogP contribution in [0.5, 0.6) is 0 Å². The van der Waals surface area contributed by atoms with Gasteiger partial charge >= 0.3 is 6.09 Å².